The van der Waals surface area contributed by atoms with Crippen molar-refractivity contribution >= 4 is 22.4 Å². The maximum atomic E-state index is 9.45. The Hall–Kier alpha value is -3.13. The molecule has 0 aliphatic rings. The number of anilines is 2. The van der Waals surface area contributed by atoms with E-state index in [0.717, 1.165) is 5.69 Å². The van der Waals surface area contributed by atoms with E-state index in [-0.39, 0.29) is 0 Å². The molecule has 0 saturated heterocycles. The first-order valence-corrected chi connectivity index (χ1v) is 6.29. The lowest BCUT2D eigenvalue weighted by molar-refractivity contribution is 0.397. The van der Waals surface area contributed by atoms with Crippen LogP contribution in [0, 0.1) is 17.4 Å². The van der Waals surface area contributed by atoms with Gasteiger partial charge in [-0.25, -0.2) is 9.97 Å². The minimum absolute atomic E-state index is 0.379. The van der Waals surface area contributed by atoms with E-state index in [2.05, 4.69) is 27.4 Å². The topological polar surface area (TPSA) is 70.8 Å². The normalized spacial score (nSPS) is 10.1. The Morgan fingerprint density at radius 1 is 1.33 bits per heavy atom. The van der Waals surface area contributed by atoms with Crippen LogP contribution < -0.4 is 10.1 Å². The number of benzene rings is 2. The zero-order valence-electron chi connectivity index (χ0n) is 11.3. The van der Waals surface area contributed by atoms with Crippen molar-refractivity contribution in [1.82, 2.24) is 9.97 Å². The summed E-state index contributed by atoms with van der Waals surface area (Å²) in [5, 5.41) is 12.6. The fourth-order valence-electron chi connectivity index (χ4n) is 2.00. The lowest BCUT2D eigenvalue weighted by Crippen LogP contribution is -1.98. The summed E-state index contributed by atoms with van der Waals surface area (Å²) in [5.74, 6) is 0.379. The molecular formula is C16H11N4O. The summed E-state index contributed by atoms with van der Waals surface area (Å²) in [6.45, 7) is 0. The van der Waals surface area contributed by atoms with Crippen LogP contribution in [0.15, 0.2) is 42.6 Å². The van der Waals surface area contributed by atoms with E-state index in [1.54, 1.807) is 0 Å². The standard InChI is InChI=1S/C16H11N4O/c1-21-15-10-18-14-8-7-13(12(9-17)16(14)20-15)19-11-5-3-2-4-6-11/h2-3,5-8,10,19H,1H3. The van der Waals surface area contributed by atoms with Gasteiger partial charge in [0.05, 0.1) is 24.5 Å². The quantitative estimate of drug-likeness (QED) is 0.795. The second-order valence-corrected chi connectivity index (χ2v) is 4.30. The van der Waals surface area contributed by atoms with Crippen molar-refractivity contribution in [2.45, 2.75) is 0 Å². The number of hydrogen-bond acceptors (Lipinski definition) is 5. The minimum Gasteiger partial charge on any atom is -0.480 e. The predicted octanol–water partition coefficient (Wildman–Crippen LogP) is 3.05. The number of nitriles is 1. The molecule has 5 heteroatoms. The number of methoxy groups -OCH3 is 1. The van der Waals surface area contributed by atoms with Crippen LogP contribution in [0.3, 0.4) is 0 Å². The third kappa shape index (κ3) is 2.47. The monoisotopic (exact) mass is 275 g/mol. The number of ether oxygens (including phenoxy) is 1. The molecule has 0 spiro atoms. The van der Waals surface area contributed by atoms with Crippen LogP contribution in [0.25, 0.3) is 11.0 Å². The minimum atomic E-state index is 0.379. The molecule has 0 saturated carbocycles. The number of nitrogens with zero attached hydrogens (tertiary/aromatic N) is 3. The van der Waals surface area contributed by atoms with Crippen LogP contribution in [0.4, 0.5) is 11.4 Å². The molecule has 21 heavy (non-hydrogen) atoms. The van der Waals surface area contributed by atoms with Gasteiger partial charge in [-0.2, -0.15) is 5.26 Å². The van der Waals surface area contributed by atoms with Crippen LogP contribution in [-0.2, 0) is 0 Å². The molecule has 0 amide bonds. The first kappa shape index (κ1) is 12.9. The molecule has 101 valence electrons. The largest absolute Gasteiger partial charge is 0.480 e. The van der Waals surface area contributed by atoms with Gasteiger partial charge in [-0.3, -0.25) is 0 Å². The van der Waals surface area contributed by atoms with E-state index in [9.17, 15) is 5.26 Å². The lowest BCUT2D eigenvalue weighted by atomic mass is 10.1. The highest BCUT2D eigenvalue weighted by atomic mass is 16.5. The summed E-state index contributed by atoms with van der Waals surface area (Å²) in [7, 11) is 1.52. The Balaban J connectivity index is 2.13. The van der Waals surface area contributed by atoms with E-state index >= 15 is 0 Å². The van der Waals surface area contributed by atoms with Crippen LogP contribution in [0.5, 0.6) is 5.88 Å². The number of aromatic nitrogens is 2. The number of fused-ring (bicyclic) bond motifs is 1. The summed E-state index contributed by atoms with van der Waals surface area (Å²) >= 11 is 0. The van der Waals surface area contributed by atoms with Gasteiger partial charge >= 0.3 is 0 Å². The molecule has 3 rings (SSSR count). The maximum absolute atomic E-state index is 9.45. The van der Waals surface area contributed by atoms with Gasteiger partial charge in [0.25, 0.3) is 0 Å². The first-order chi connectivity index (χ1) is 10.3. The molecule has 1 radical (unpaired) electrons. The fraction of sp³-hybridized carbons (Fsp3) is 0.0625. The van der Waals surface area contributed by atoms with Crippen LogP contribution >= 0.6 is 0 Å². The molecule has 0 atom stereocenters. The molecule has 0 aliphatic heterocycles. The van der Waals surface area contributed by atoms with E-state index < -0.39 is 0 Å². The van der Waals surface area contributed by atoms with E-state index in [1.807, 2.05) is 36.4 Å². The Kier molecular flexibility index (Phi) is 3.36. The Morgan fingerprint density at radius 3 is 2.95 bits per heavy atom. The SMILES string of the molecule is COc1cnc2ccc(Nc3c[c]ccc3)c(C#N)c2n1. The molecule has 5 nitrogen and oxygen atoms in total. The molecule has 2 aromatic carbocycles. The number of rotatable bonds is 3. The van der Waals surface area contributed by atoms with Gasteiger partial charge < -0.3 is 10.1 Å². The summed E-state index contributed by atoms with van der Waals surface area (Å²) in [5.41, 5.74) is 3.12. The summed E-state index contributed by atoms with van der Waals surface area (Å²) in [6, 6.07) is 16.2. The van der Waals surface area contributed by atoms with E-state index in [4.69, 9.17) is 4.74 Å². The summed E-state index contributed by atoms with van der Waals surface area (Å²) < 4.78 is 5.07. The molecule has 3 aromatic rings. The molecule has 1 N–H and O–H groups in total. The van der Waals surface area contributed by atoms with Crippen molar-refractivity contribution in [1.29, 1.82) is 5.26 Å². The third-order valence-corrected chi connectivity index (χ3v) is 3.00. The average Bonchev–Trinajstić information content (AvgIpc) is 2.55. The van der Waals surface area contributed by atoms with Crippen LogP contribution in [0.2, 0.25) is 0 Å². The molecule has 1 heterocycles. The summed E-state index contributed by atoms with van der Waals surface area (Å²) in [6.07, 6.45) is 1.53. The third-order valence-electron chi connectivity index (χ3n) is 3.00. The van der Waals surface area contributed by atoms with E-state index in [1.165, 1.54) is 13.3 Å². The van der Waals surface area contributed by atoms with Crippen LogP contribution in [-0.4, -0.2) is 17.1 Å². The van der Waals surface area contributed by atoms with Gasteiger partial charge in [0.1, 0.15) is 17.1 Å². The second kappa shape index (κ2) is 5.47. The highest BCUT2D eigenvalue weighted by Crippen LogP contribution is 2.27. The van der Waals surface area contributed by atoms with Crippen LogP contribution in [0.1, 0.15) is 5.56 Å². The smallest absolute Gasteiger partial charge is 0.232 e. The molecule has 0 unspecified atom stereocenters. The first-order valence-electron chi connectivity index (χ1n) is 6.29. The van der Waals surface area contributed by atoms with Gasteiger partial charge in [0.15, 0.2) is 0 Å². The van der Waals surface area contributed by atoms with Crippen molar-refractivity contribution in [2.24, 2.45) is 0 Å². The predicted molar refractivity (Wildman–Crippen MR) is 79.4 cm³/mol. The van der Waals surface area contributed by atoms with Gasteiger partial charge in [0.2, 0.25) is 5.88 Å². The maximum Gasteiger partial charge on any atom is 0.232 e. The Morgan fingerprint density at radius 2 is 2.24 bits per heavy atom. The molecular weight excluding hydrogens is 264 g/mol. The van der Waals surface area contributed by atoms with E-state index in [0.29, 0.717) is 28.2 Å². The second-order valence-electron chi connectivity index (χ2n) is 4.30. The van der Waals surface area contributed by atoms with Gasteiger partial charge in [-0.1, -0.05) is 12.1 Å². The molecule has 0 fully saturated rings. The Labute approximate surface area is 121 Å². The lowest BCUT2D eigenvalue weighted by Gasteiger charge is -2.10. The highest BCUT2D eigenvalue weighted by Gasteiger charge is 2.11. The van der Waals surface area contributed by atoms with Gasteiger partial charge in [-0.15, -0.1) is 0 Å². The highest BCUT2D eigenvalue weighted by molar-refractivity contribution is 5.88. The zero-order valence-corrected chi connectivity index (χ0v) is 11.3. The molecule has 1 aromatic heterocycles. The Bertz CT molecular complexity index is 825. The molecule has 0 aliphatic carbocycles. The van der Waals surface area contributed by atoms with Gasteiger partial charge in [-0.05, 0) is 30.3 Å². The zero-order chi connectivity index (χ0) is 14.7. The number of nitrogens with one attached hydrogen (secondary N) is 1. The van der Waals surface area contributed by atoms with Crippen molar-refractivity contribution in [3.8, 4) is 11.9 Å². The fourth-order valence-corrected chi connectivity index (χ4v) is 2.00. The number of hydrogen-bond donors (Lipinski definition) is 1. The molecule has 0 bridgehead atoms. The average molecular weight is 275 g/mol. The summed E-state index contributed by atoms with van der Waals surface area (Å²) in [4.78, 5) is 8.55. The van der Waals surface area contributed by atoms with Crippen molar-refractivity contribution in [2.75, 3.05) is 12.4 Å². The van der Waals surface area contributed by atoms with Crippen molar-refractivity contribution in [3.05, 3.63) is 54.2 Å². The van der Waals surface area contributed by atoms with Gasteiger partial charge in [0, 0.05) is 5.69 Å². The van der Waals surface area contributed by atoms with Crippen molar-refractivity contribution < 1.29 is 4.74 Å². The van der Waals surface area contributed by atoms with Crippen molar-refractivity contribution in [3.63, 3.8) is 0 Å².